The Labute approximate surface area is 90.3 Å². The standard InChI is InChI=1S/C12H16N2O/c1-3-13-10-7-5-6-8-11(10)14(4-2)12(13)9-15/h5-9,12H,3-4H2,1-2H3. The fourth-order valence-electron chi connectivity index (χ4n) is 2.26. The molecule has 3 nitrogen and oxygen atoms in total. The van der Waals surface area contributed by atoms with E-state index in [0.29, 0.717) is 0 Å². The highest BCUT2D eigenvalue weighted by atomic mass is 16.1. The third-order valence-electron chi connectivity index (χ3n) is 2.94. The van der Waals surface area contributed by atoms with Crippen molar-refractivity contribution in [2.75, 3.05) is 22.9 Å². The van der Waals surface area contributed by atoms with Gasteiger partial charge < -0.3 is 9.80 Å². The van der Waals surface area contributed by atoms with Crippen LogP contribution in [0, 0.1) is 0 Å². The monoisotopic (exact) mass is 204 g/mol. The van der Waals surface area contributed by atoms with Crippen molar-refractivity contribution in [3.63, 3.8) is 0 Å². The van der Waals surface area contributed by atoms with Crippen molar-refractivity contribution in [3.05, 3.63) is 24.3 Å². The van der Waals surface area contributed by atoms with Crippen LogP contribution in [0.1, 0.15) is 13.8 Å². The number of carbonyl (C=O) groups excluding carboxylic acids is 1. The van der Waals surface area contributed by atoms with Gasteiger partial charge in [0.2, 0.25) is 0 Å². The van der Waals surface area contributed by atoms with Gasteiger partial charge in [0.15, 0.2) is 12.5 Å². The van der Waals surface area contributed by atoms with Crippen LogP contribution in [-0.2, 0) is 4.79 Å². The number of hydrogen-bond donors (Lipinski definition) is 0. The predicted molar refractivity (Wildman–Crippen MR) is 62.3 cm³/mol. The zero-order chi connectivity index (χ0) is 10.8. The summed E-state index contributed by atoms with van der Waals surface area (Å²) in [6.07, 6.45) is 0.893. The van der Waals surface area contributed by atoms with Crippen molar-refractivity contribution in [3.8, 4) is 0 Å². The molecule has 1 aliphatic heterocycles. The maximum atomic E-state index is 11.1. The van der Waals surface area contributed by atoms with Crippen molar-refractivity contribution in [2.24, 2.45) is 0 Å². The van der Waals surface area contributed by atoms with E-state index in [-0.39, 0.29) is 6.17 Å². The summed E-state index contributed by atoms with van der Waals surface area (Å²) in [4.78, 5) is 15.4. The van der Waals surface area contributed by atoms with E-state index in [1.54, 1.807) is 0 Å². The molecule has 0 fully saturated rings. The van der Waals surface area contributed by atoms with Crippen molar-refractivity contribution in [2.45, 2.75) is 20.0 Å². The Balaban J connectivity index is 2.47. The molecule has 0 unspecified atom stereocenters. The first kappa shape index (κ1) is 10.0. The molecule has 0 aliphatic carbocycles. The van der Waals surface area contributed by atoms with Crippen LogP contribution < -0.4 is 9.80 Å². The number of aldehydes is 1. The van der Waals surface area contributed by atoms with E-state index in [4.69, 9.17) is 0 Å². The lowest BCUT2D eigenvalue weighted by Crippen LogP contribution is -2.44. The minimum Gasteiger partial charge on any atom is -0.344 e. The van der Waals surface area contributed by atoms with E-state index in [9.17, 15) is 4.79 Å². The first-order chi connectivity index (χ1) is 7.33. The number of hydrogen-bond acceptors (Lipinski definition) is 3. The Morgan fingerprint density at radius 2 is 1.60 bits per heavy atom. The molecule has 3 heteroatoms. The number of nitrogens with zero attached hydrogens (tertiary/aromatic N) is 2. The molecular weight excluding hydrogens is 188 g/mol. The van der Waals surface area contributed by atoms with Gasteiger partial charge in [-0.3, -0.25) is 4.79 Å². The molecule has 80 valence electrons. The molecule has 1 aromatic carbocycles. The van der Waals surface area contributed by atoms with Gasteiger partial charge in [-0.25, -0.2) is 0 Å². The quantitative estimate of drug-likeness (QED) is 0.702. The third kappa shape index (κ3) is 1.39. The van der Waals surface area contributed by atoms with Crippen LogP contribution in [0.15, 0.2) is 24.3 Å². The van der Waals surface area contributed by atoms with Gasteiger partial charge in [-0.2, -0.15) is 0 Å². The Bertz CT molecular complexity index is 333. The predicted octanol–water partition coefficient (Wildman–Crippen LogP) is 1.88. The molecule has 0 atom stereocenters. The molecule has 0 radical (unpaired) electrons. The number of carbonyl (C=O) groups is 1. The van der Waals surface area contributed by atoms with Crippen molar-refractivity contribution >= 4 is 17.7 Å². The molecule has 0 aromatic heterocycles. The lowest BCUT2D eigenvalue weighted by molar-refractivity contribution is -0.108. The lowest BCUT2D eigenvalue weighted by atomic mass is 10.2. The normalized spacial score (nSPS) is 15.6. The van der Waals surface area contributed by atoms with Gasteiger partial charge in [0.05, 0.1) is 11.4 Å². The lowest BCUT2D eigenvalue weighted by Gasteiger charge is -2.26. The fraction of sp³-hybridized carbons (Fsp3) is 0.417. The summed E-state index contributed by atoms with van der Waals surface area (Å²) in [7, 11) is 0. The number of para-hydroxylation sites is 2. The minimum atomic E-state index is -0.127. The van der Waals surface area contributed by atoms with E-state index in [0.717, 1.165) is 19.4 Å². The average molecular weight is 204 g/mol. The summed E-state index contributed by atoms with van der Waals surface area (Å²) in [5.74, 6) is 0. The van der Waals surface area contributed by atoms with Crippen molar-refractivity contribution in [1.82, 2.24) is 0 Å². The van der Waals surface area contributed by atoms with E-state index < -0.39 is 0 Å². The second-order valence-corrected chi connectivity index (χ2v) is 3.61. The first-order valence-electron chi connectivity index (χ1n) is 5.41. The van der Waals surface area contributed by atoms with Crippen molar-refractivity contribution < 1.29 is 4.79 Å². The van der Waals surface area contributed by atoms with Crippen LogP contribution in [0.4, 0.5) is 11.4 Å². The Morgan fingerprint density at radius 3 is 1.93 bits per heavy atom. The zero-order valence-electron chi connectivity index (χ0n) is 9.18. The average Bonchev–Trinajstić information content (AvgIpc) is 2.61. The maximum absolute atomic E-state index is 11.1. The second-order valence-electron chi connectivity index (χ2n) is 3.61. The van der Waals surface area contributed by atoms with Crippen LogP contribution in [-0.4, -0.2) is 25.5 Å². The van der Waals surface area contributed by atoms with Crippen LogP contribution in [0.3, 0.4) is 0 Å². The number of likely N-dealkylation sites (N-methyl/N-ethyl adjacent to an activating group) is 2. The van der Waals surface area contributed by atoms with Gasteiger partial charge in [0.1, 0.15) is 0 Å². The number of fused-ring (bicyclic) bond motifs is 1. The molecular formula is C12H16N2O. The largest absolute Gasteiger partial charge is 0.344 e. The van der Waals surface area contributed by atoms with Crippen LogP contribution in [0.2, 0.25) is 0 Å². The van der Waals surface area contributed by atoms with Gasteiger partial charge in [-0.15, -0.1) is 0 Å². The molecule has 0 saturated carbocycles. The summed E-state index contributed by atoms with van der Waals surface area (Å²) >= 11 is 0. The number of anilines is 2. The second kappa shape index (κ2) is 3.93. The summed E-state index contributed by atoms with van der Waals surface area (Å²) in [5, 5.41) is 0. The van der Waals surface area contributed by atoms with Crippen LogP contribution in [0.25, 0.3) is 0 Å². The smallest absolute Gasteiger partial charge is 0.162 e. The summed E-state index contributed by atoms with van der Waals surface area (Å²) in [6, 6.07) is 8.18. The molecule has 2 rings (SSSR count). The molecule has 0 saturated heterocycles. The Hall–Kier alpha value is -1.51. The van der Waals surface area contributed by atoms with Crippen molar-refractivity contribution in [1.29, 1.82) is 0 Å². The molecule has 0 amide bonds. The van der Waals surface area contributed by atoms with Gasteiger partial charge in [-0.1, -0.05) is 12.1 Å². The van der Waals surface area contributed by atoms with E-state index in [1.807, 2.05) is 12.1 Å². The maximum Gasteiger partial charge on any atom is 0.162 e. The summed E-state index contributed by atoms with van der Waals surface area (Å²) in [6.45, 7) is 5.87. The summed E-state index contributed by atoms with van der Waals surface area (Å²) in [5.41, 5.74) is 2.33. The third-order valence-corrected chi connectivity index (χ3v) is 2.94. The zero-order valence-corrected chi connectivity index (χ0v) is 9.18. The van der Waals surface area contributed by atoms with Gasteiger partial charge in [-0.05, 0) is 26.0 Å². The fourth-order valence-corrected chi connectivity index (χ4v) is 2.26. The van der Waals surface area contributed by atoms with E-state index in [1.165, 1.54) is 11.4 Å². The number of rotatable bonds is 3. The molecule has 0 N–H and O–H groups in total. The number of benzene rings is 1. The highest BCUT2D eigenvalue weighted by Crippen LogP contribution is 2.38. The molecule has 1 heterocycles. The van der Waals surface area contributed by atoms with Crippen LogP contribution >= 0.6 is 0 Å². The van der Waals surface area contributed by atoms with Gasteiger partial charge in [0.25, 0.3) is 0 Å². The SMILES string of the molecule is CCN1c2ccccc2N(CC)C1C=O. The molecule has 0 bridgehead atoms. The molecule has 1 aromatic rings. The highest BCUT2D eigenvalue weighted by Gasteiger charge is 2.32. The van der Waals surface area contributed by atoms with Gasteiger partial charge in [0, 0.05) is 13.1 Å². The van der Waals surface area contributed by atoms with E-state index in [2.05, 4.69) is 35.8 Å². The molecule has 0 spiro atoms. The van der Waals surface area contributed by atoms with E-state index >= 15 is 0 Å². The Morgan fingerprint density at radius 1 is 1.13 bits per heavy atom. The Kier molecular flexibility index (Phi) is 2.62. The highest BCUT2D eigenvalue weighted by molar-refractivity contribution is 5.85. The van der Waals surface area contributed by atoms with Gasteiger partial charge >= 0.3 is 0 Å². The summed E-state index contributed by atoms with van der Waals surface area (Å²) < 4.78 is 0. The topological polar surface area (TPSA) is 23.6 Å². The first-order valence-corrected chi connectivity index (χ1v) is 5.41. The minimum absolute atomic E-state index is 0.127. The van der Waals surface area contributed by atoms with Crippen LogP contribution in [0.5, 0.6) is 0 Å². The molecule has 15 heavy (non-hydrogen) atoms. The molecule has 1 aliphatic rings.